The van der Waals surface area contributed by atoms with Crippen molar-refractivity contribution >= 4 is 17.1 Å². The molecule has 0 bridgehead atoms. The second-order valence-electron chi connectivity index (χ2n) is 5.65. The Hall–Kier alpha value is -2.26. The highest BCUT2D eigenvalue weighted by Crippen LogP contribution is 2.28. The van der Waals surface area contributed by atoms with Crippen molar-refractivity contribution in [2.75, 3.05) is 0 Å². The van der Waals surface area contributed by atoms with Crippen LogP contribution < -0.4 is 5.43 Å². The first-order valence-corrected chi connectivity index (χ1v) is 6.58. The van der Waals surface area contributed by atoms with Crippen molar-refractivity contribution in [1.29, 1.82) is 0 Å². The highest BCUT2D eigenvalue weighted by Gasteiger charge is 2.20. The lowest BCUT2D eigenvalue weighted by molar-refractivity contribution is -0.191. The molecule has 0 atom stereocenters. The Morgan fingerprint density at radius 3 is 2.29 bits per heavy atom. The van der Waals surface area contributed by atoms with E-state index in [0.717, 1.165) is 12.1 Å². The van der Waals surface area contributed by atoms with Gasteiger partial charge in [0.2, 0.25) is 0 Å². The summed E-state index contributed by atoms with van der Waals surface area (Å²) in [5.41, 5.74) is 1.04. The maximum Gasteiger partial charge on any atom is 0.373 e. The Kier molecular flexibility index (Phi) is 5.17. The van der Waals surface area contributed by atoms with Crippen LogP contribution in [0.2, 0.25) is 0 Å². The summed E-state index contributed by atoms with van der Waals surface area (Å²) in [4.78, 5) is 28.0. The summed E-state index contributed by atoms with van der Waals surface area (Å²) >= 11 is 0. The van der Waals surface area contributed by atoms with E-state index in [1.807, 2.05) is 32.3 Å². The van der Waals surface area contributed by atoms with Gasteiger partial charge < -0.3 is 4.57 Å². The molecule has 1 aromatic carbocycles. The van der Waals surface area contributed by atoms with Crippen molar-refractivity contribution < 1.29 is 14.0 Å². The average molecular weight is 291 g/mol. The minimum Gasteiger partial charge on any atom is -0.348 e. The highest BCUT2D eigenvalue weighted by atomic mass is 19.1. The molecule has 0 saturated carbocycles. The van der Waals surface area contributed by atoms with Gasteiger partial charge in [0.1, 0.15) is 5.82 Å². The smallest absolute Gasteiger partial charge is 0.348 e. The third-order valence-electron chi connectivity index (χ3n) is 3.21. The molecule has 0 aliphatic heterocycles. The van der Waals surface area contributed by atoms with Crippen LogP contribution in [0, 0.1) is 5.82 Å². The minimum atomic E-state index is -0.305. The summed E-state index contributed by atoms with van der Waals surface area (Å²) in [6.45, 7) is 8.66. The standard InChI is InChI=1S/C15H18FNO.CO2/c1-5-17-7-6-14(18)10-8-12(16)11(9-13(10)17)15(2,3)4;2-1-3/h6-9H,5H2,1-4H3;. The van der Waals surface area contributed by atoms with E-state index in [4.69, 9.17) is 9.59 Å². The lowest BCUT2D eigenvalue weighted by Crippen LogP contribution is -2.16. The quantitative estimate of drug-likeness (QED) is 0.811. The first kappa shape index (κ1) is 16.8. The van der Waals surface area contributed by atoms with E-state index in [1.54, 1.807) is 12.3 Å². The Bertz CT molecular complexity index is 735. The van der Waals surface area contributed by atoms with Crippen molar-refractivity contribution in [2.24, 2.45) is 0 Å². The third kappa shape index (κ3) is 3.64. The van der Waals surface area contributed by atoms with Gasteiger partial charge in [-0.1, -0.05) is 20.8 Å². The Labute approximate surface area is 122 Å². The summed E-state index contributed by atoms with van der Waals surface area (Å²) in [7, 11) is 0. The number of hydrogen-bond acceptors (Lipinski definition) is 3. The topological polar surface area (TPSA) is 56.1 Å². The number of pyridine rings is 1. The molecular formula is C16H18FNO3. The number of carbonyl (C=O) groups excluding carboxylic acids is 2. The van der Waals surface area contributed by atoms with Crippen LogP contribution in [0.3, 0.4) is 0 Å². The molecule has 4 nitrogen and oxygen atoms in total. The zero-order chi connectivity index (χ0) is 16.2. The number of nitrogens with zero attached hydrogens (tertiary/aromatic N) is 1. The van der Waals surface area contributed by atoms with Gasteiger partial charge in [0.15, 0.2) is 5.43 Å². The van der Waals surface area contributed by atoms with Gasteiger partial charge in [0, 0.05) is 24.2 Å². The summed E-state index contributed by atoms with van der Waals surface area (Å²) in [5, 5.41) is 0.449. The molecule has 1 heterocycles. The van der Waals surface area contributed by atoms with E-state index in [1.165, 1.54) is 12.1 Å². The maximum absolute atomic E-state index is 14.1. The first-order chi connectivity index (χ1) is 9.76. The zero-order valence-corrected chi connectivity index (χ0v) is 12.6. The molecule has 5 heteroatoms. The Morgan fingerprint density at radius 2 is 1.81 bits per heavy atom. The number of fused-ring (bicyclic) bond motifs is 1. The monoisotopic (exact) mass is 291 g/mol. The van der Waals surface area contributed by atoms with Crippen LogP contribution in [-0.2, 0) is 21.5 Å². The number of halogens is 1. The molecule has 1 aromatic heterocycles. The molecule has 0 fully saturated rings. The van der Waals surface area contributed by atoms with E-state index < -0.39 is 0 Å². The maximum atomic E-state index is 14.1. The van der Waals surface area contributed by atoms with Gasteiger partial charge in [-0.15, -0.1) is 0 Å². The molecule has 0 aliphatic rings. The predicted octanol–water partition coefficient (Wildman–Crippen LogP) is 2.87. The van der Waals surface area contributed by atoms with Gasteiger partial charge in [-0.2, -0.15) is 9.59 Å². The van der Waals surface area contributed by atoms with Crippen LogP contribution in [-0.4, -0.2) is 10.7 Å². The van der Waals surface area contributed by atoms with Crippen LogP contribution in [0.1, 0.15) is 33.3 Å². The number of benzene rings is 1. The van der Waals surface area contributed by atoms with E-state index in [-0.39, 0.29) is 22.8 Å². The van der Waals surface area contributed by atoms with Crippen molar-refractivity contribution in [3.8, 4) is 0 Å². The molecule has 0 radical (unpaired) electrons. The fourth-order valence-electron chi connectivity index (χ4n) is 2.18. The third-order valence-corrected chi connectivity index (χ3v) is 3.21. The molecule has 0 spiro atoms. The van der Waals surface area contributed by atoms with E-state index in [0.29, 0.717) is 10.9 Å². The SMILES string of the molecule is CCn1ccc(=O)c2cc(F)c(C(C)(C)C)cc21.O=C=O. The summed E-state index contributed by atoms with van der Waals surface area (Å²) < 4.78 is 16.0. The summed E-state index contributed by atoms with van der Waals surface area (Å²) in [5.74, 6) is -0.305. The molecule has 112 valence electrons. The molecule has 0 unspecified atom stereocenters. The molecular weight excluding hydrogens is 273 g/mol. The molecule has 2 aromatic rings. The normalized spacial score (nSPS) is 10.7. The second kappa shape index (κ2) is 6.46. The van der Waals surface area contributed by atoms with E-state index in [9.17, 15) is 9.18 Å². The fourth-order valence-corrected chi connectivity index (χ4v) is 2.18. The van der Waals surface area contributed by atoms with Crippen LogP contribution in [0.5, 0.6) is 0 Å². The number of aromatic nitrogens is 1. The molecule has 0 saturated heterocycles. The van der Waals surface area contributed by atoms with E-state index in [2.05, 4.69) is 0 Å². The first-order valence-electron chi connectivity index (χ1n) is 6.58. The van der Waals surface area contributed by atoms with Gasteiger partial charge in [0.25, 0.3) is 0 Å². The van der Waals surface area contributed by atoms with Crippen molar-refractivity contribution in [1.82, 2.24) is 4.57 Å². The van der Waals surface area contributed by atoms with Crippen molar-refractivity contribution in [3.63, 3.8) is 0 Å². The highest BCUT2D eigenvalue weighted by molar-refractivity contribution is 5.80. The van der Waals surface area contributed by atoms with Crippen LogP contribution in [0.25, 0.3) is 10.9 Å². The minimum absolute atomic E-state index is 0.131. The number of hydrogen-bond donors (Lipinski definition) is 0. The Balaban J connectivity index is 0.000000677. The zero-order valence-electron chi connectivity index (χ0n) is 12.6. The molecule has 0 aliphatic carbocycles. The van der Waals surface area contributed by atoms with E-state index >= 15 is 0 Å². The summed E-state index contributed by atoms with van der Waals surface area (Å²) in [6.07, 6.45) is 2.01. The van der Waals surface area contributed by atoms with Crippen LogP contribution >= 0.6 is 0 Å². The molecule has 0 amide bonds. The fraction of sp³-hybridized carbons (Fsp3) is 0.375. The number of aryl methyl sites for hydroxylation is 1. The number of rotatable bonds is 1. The second-order valence-corrected chi connectivity index (χ2v) is 5.65. The lowest BCUT2D eigenvalue weighted by Gasteiger charge is -2.21. The lowest BCUT2D eigenvalue weighted by atomic mass is 9.86. The average Bonchev–Trinajstić information content (AvgIpc) is 2.39. The predicted molar refractivity (Wildman–Crippen MR) is 77.5 cm³/mol. The van der Waals surface area contributed by atoms with Gasteiger partial charge in [-0.05, 0) is 30.0 Å². The Morgan fingerprint density at radius 1 is 1.24 bits per heavy atom. The largest absolute Gasteiger partial charge is 0.373 e. The summed E-state index contributed by atoms with van der Waals surface area (Å²) in [6, 6.07) is 4.65. The van der Waals surface area contributed by atoms with Gasteiger partial charge in [-0.3, -0.25) is 4.79 Å². The molecule has 2 rings (SSSR count). The van der Waals surface area contributed by atoms with Gasteiger partial charge in [0.05, 0.1) is 5.52 Å². The molecule has 21 heavy (non-hydrogen) atoms. The van der Waals surface area contributed by atoms with Crippen LogP contribution in [0.4, 0.5) is 4.39 Å². The van der Waals surface area contributed by atoms with Gasteiger partial charge >= 0.3 is 6.15 Å². The molecule has 0 N–H and O–H groups in total. The van der Waals surface area contributed by atoms with Crippen LogP contribution in [0.15, 0.2) is 29.2 Å². The van der Waals surface area contributed by atoms with Crippen molar-refractivity contribution in [3.05, 3.63) is 46.0 Å². The van der Waals surface area contributed by atoms with Gasteiger partial charge in [-0.25, -0.2) is 4.39 Å². The van der Waals surface area contributed by atoms with Crippen molar-refractivity contribution in [2.45, 2.75) is 39.7 Å².